The van der Waals surface area contributed by atoms with Gasteiger partial charge < -0.3 is 10.4 Å². The summed E-state index contributed by atoms with van der Waals surface area (Å²) in [5.41, 5.74) is -0.552. The van der Waals surface area contributed by atoms with Gasteiger partial charge in [-0.3, -0.25) is 4.79 Å². The van der Waals surface area contributed by atoms with E-state index < -0.39 is 5.60 Å². The van der Waals surface area contributed by atoms with Gasteiger partial charge in [-0.2, -0.15) is 0 Å². The van der Waals surface area contributed by atoms with Crippen molar-refractivity contribution in [1.82, 2.24) is 5.32 Å². The summed E-state index contributed by atoms with van der Waals surface area (Å²) in [6, 6.07) is 0. The van der Waals surface area contributed by atoms with E-state index in [2.05, 4.69) is 5.32 Å². The molecule has 0 unspecified atom stereocenters. The first-order valence-corrected chi connectivity index (χ1v) is 4.15. The van der Waals surface area contributed by atoms with Crippen molar-refractivity contribution in [3.05, 3.63) is 0 Å². The van der Waals surface area contributed by atoms with Crippen LogP contribution in [0.4, 0.5) is 0 Å². The van der Waals surface area contributed by atoms with Crippen molar-refractivity contribution in [3.8, 4) is 0 Å². The monoisotopic (exact) mass is 157 g/mol. The second-order valence-corrected chi connectivity index (χ2v) is 3.25. The van der Waals surface area contributed by atoms with Gasteiger partial charge in [-0.15, -0.1) is 0 Å². The molecule has 1 amide bonds. The van der Waals surface area contributed by atoms with Gasteiger partial charge in [0.25, 0.3) is 0 Å². The third-order valence-electron chi connectivity index (χ3n) is 1.92. The number of rotatable bonds is 4. The number of carbonyl (C=O) groups is 1. The lowest BCUT2D eigenvalue weighted by Gasteiger charge is -2.08. The molecule has 0 spiro atoms. The number of carbonyl (C=O) groups excluding carboxylic acids is 1. The third kappa shape index (κ3) is 2.89. The molecule has 3 nitrogen and oxygen atoms in total. The molecule has 0 atom stereocenters. The van der Waals surface area contributed by atoms with Crippen molar-refractivity contribution in [2.45, 2.75) is 38.2 Å². The van der Waals surface area contributed by atoms with Crippen LogP contribution in [-0.2, 0) is 4.79 Å². The molecule has 0 aliphatic heterocycles. The molecule has 0 bridgehead atoms. The van der Waals surface area contributed by atoms with Crippen molar-refractivity contribution in [2.24, 2.45) is 0 Å². The van der Waals surface area contributed by atoms with Crippen LogP contribution in [0.25, 0.3) is 0 Å². The number of aliphatic hydroxyl groups is 1. The van der Waals surface area contributed by atoms with E-state index in [1.165, 1.54) is 0 Å². The lowest BCUT2D eigenvalue weighted by molar-refractivity contribution is -0.121. The first-order chi connectivity index (χ1) is 5.16. The van der Waals surface area contributed by atoms with Crippen LogP contribution in [0.15, 0.2) is 0 Å². The maximum atomic E-state index is 10.9. The van der Waals surface area contributed by atoms with Crippen LogP contribution in [0.1, 0.15) is 32.6 Å². The van der Waals surface area contributed by atoms with Crippen molar-refractivity contribution in [1.29, 1.82) is 0 Å². The highest BCUT2D eigenvalue weighted by atomic mass is 16.3. The Kier molecular flexibility index (Phi) is 2.49. The fourth-order valence-corrected chi connectivity index (χ4v) is 0.900. The molecule has 1 aliphatic carbocycles. The van der Waals surface area contributed by atoms with Crippen molar-refractivity contribution >= 4 is 5.91 Å². The number of hydrogen-bond acceptors (Lipinski definition) is 2. The van der Waals surface area contributed by atoms with Crippen LogP contribution >= 0.6 is 0 Å². The summed E-state index contributed by atoms with van der Waals surface area (Å²) in [5, 5.41) is 12.0. The third-order valence-corrected chi connectivity index (χ3v) is 1.92. The molecule has 1 aliphatic rings. The van der Waals surface area contributed by atoms with Gasteiger partial charge in [-0.1, -0.05) is 6.92 Å². The highest BCUT2D eigenvalue weighted by molar-refractivity contribution is 5.75. The first-order valence-electron chi connectivity index (χ1n) is 4.15. The SMILES string of the molecule is CCCC(=O)NCC1(O)CC1. The summed E-state index contributed by atoms with van der Waals surface area (Å²) in [6.07, 6.45) is 3.10. The van der Waals surface area contributed by atoms with E-state index in [1.807, 2.05) is 6.92 Å². The average molecular weight is 157 g/mol. The Labute approximate surface area is 66.8 Å². The summed E-state index contributed by atoms with van der Waals surface area (Å²) in [7, 11) is 0. The first kappa shape index (κ1) is 8.53. The van der Waals surface area contributed by atoms with E-state index in [0.717, 1.165) is 19.3 Å². The lowest BCUT2D eigenvalue weighted by atomic mass is 10.3. The summed E-state index contributed by atoms with van der Waals surface area (Å²) in [4.78, 5) is 10.9. The predicted molar refractivity (Wildman–Crippen MR) is 42.1 cm³/mol. The Morgan fingerprint density at radius 3 is 2.73 bits per heavy atom. The number of nitrogens with one attached hydrogen (secondary N) is 1. The maximum absolute atomic E-state index is 10.9. The molecule has 0 radical (unpaired) electrons. The summed E-state index contributed by atoms with van der Waals surface area (Å²) >= 11 is 0. The molecule has 0 aromatic rings. The molecule has 0 aromatic carbocycles. The predicted octanol–water partition coefficient (Wildman–Crippen LogP) is 0.428. The van der Waals surface area contributed by atoms with E-state index in [-0.39, 0.29) is 5.91 Å². The molecule has 0 heterocycles. The van der Waals surface area contributed by atoms with Gasteiger partial charge in [-0.05, 0) is 19.3 Å². The van der Waals surface area contributed by atoms with Crippen LogP contribution < -0.4 is 5.32 Å². The lowest BCUT2D eigenvalue weighted by Crippen LogP contribution is -2.32. The highest BCUT2D eigenvalue weighted by Crippen LogP contribution is 2.33. The van der Waals surface area contributed by atoms with Gasteiger partial charge in [0.15, 0.2) is 0 Å². The van der Waals surface area contributed by atoms with Crippen molar-refractivity contribution in [2.75, 3.05) is 6.54 Å². The Bertz CT molecular complexity index is 152. The van der Waals surface area contributed by atoms with Gasteiger partial charge in [0.1, 0.15) is 0 Å². The normalized spacial score (nSPS) is 19.5. The molecule has 1 saturated carbocycles. The quantitative estimate of drug-likeness (QED) is 0.621. The van der Waals surface area contributed by atoms with Crippen LogP contribution in [0, 0.1) is 0 Å². The van der Waals surface area contributed by atoms with E-state index in [0.29, 0.717) is 13.0 Å². The molecular formula is C8H15NO2. The summed E-state index contributed by atoms with van der Waals surface area (Å²) in [5.74, 6) is 0.0489. The van der Waals surface area contributed by atoms with Gasteiger partial charge in [-0.25, -0.2) is 0 Å². The molecule has 0 saturated heterocycles. The molecule has 1 fully saturated rings. The molecule has 2 N–H and O–H groups in total. The zero-order valence-corrected chi connectivity index (χ0v) is 6.89. The maximum Gasteiger partial charge on any atom is 0.220 e. The Morgan fingerprint density at radius 1 is 1.64 bits per heavy atom. The second kappa shape index (κ2) is 3.22. The fourth-order valence-electron chi connectivity index (χ4n) is 0.900. The van der Waals surface area contributed by atoms with Crippen LogP contribution in [0.3, 0.4) is 0 Å². The van der Waals surface area contributed by atoms with E-state index >= 15 is 0 Å². The van der Waals surface area contributed by atoms with E-state index in [1.54, 1.807) is 0 Å². The van der Waals surface area contributed by atoms with Gasteiger partial charge in [0.2, 0.25) is 5.91 Å². The van der Waals surface area contributed by atoms with Gasteiger partial charge in [0, 0.05) is 13.0 Å². The average Bonchev–Trinajstić information content (AvgIpc) is 2.66. The smallest absolute Gasteiger partial charge is 0.220 e. The Morgan fingerprint density at radius 2 is 2.27 bits per heavy atom. The Balaban J connectivity index is 2.06. The summed E-state index contributed by atoms with van der Waals surface area (Å²) in [6.45, 7) is 2.40. The Hall–Kier alpha value is -0.570. The number of amides is 1. The zero-order chi connectivity index (χ0) is 8.32. The highest BCUT2D eigenvalue weighted by Gasteiger charge is 2.40. The molecule has 0 aromatic heterocycles. The van der Waals surface area contributed by atoms with E-state index in [4.69, 9.17) is 0 Å². The van der Waals surface area contributed by atoms with Crippen molar-refractivity contribution < 1.29 is 9.90 Å². The minimum Gasteiger partial charge on any atom is -0.388 e. The molecule has 64 valence electrons. The number of hydrogen-bond donors (Lipinski definition) is 2. The fraction of sp³-hybridized carbons (Fsp3) is 0.875. The van der Waals surface area contributed by atoms with Gasteiger partial charge >= 0.3 is 0 Å². The minimum absolute atomic E-state index is 0.0489. The topological polar surface area (TPSA) is 49.3 Å². The van der Waals surface area contributed by atoms with E-state index in [9.17, 15) is 9.90 Å². The molecular weight excluding hydrogens is 142 g/mol. The van der Waals surface area contributed by atoms with Crippen LogP contribution in [0.2, 0.25) is 0 Å². The minimum atomic E-state index is -0.552. The van der Waals surface area contributed by atoms with Crippen LogP contribution in [0.5, 0.6) is 0 Å². The van der Waals surface area contributed by atoms with Crippen molar-refractivity contribution in [3.63, 3.8) is 0 Å². The standard InChI is InChI=1S/C8H15NO2/c1-2-3-7(10)9-6-8(11)4-5-8/h11H,2-6H2,1H3,(H,9,10). The van der Waals surface area contributed by atoms with Crippen LogP contribution in [-0.4, -0.2) is 23.2 Å². The molecule has 3 heteroatoms. The largest absolute Gasteiger partial charge is 0.388 e. The zero-order valence-electron chi connectivity index (χ0n) is 6.89. The second-order valence-electron chi connectivity index (χ2n) is 3.25. The van der Waals surface area contributed by atoms with Gasteiger partial charge in [0.05, 0.1) is 5.60 Å². The summed E-state index contributed by atoms with van der Waals surface area (Å²) < 4.78 is 0. The molecule has 1 rings (SSSR count). The molecule has 11 heavy (non-hydrogen) atoms.